The van der Waals surface area contributed by atoms with Gasteiger partial charge in [0.15, 0.2) is 0 Å². The first-order chi connectivity index (χ1) is 8.81. The van der Waals surface area contributed by atoms with E-state index in [2.05, 4.69) is 18.2 Å². The summed E-state index contributed by atoms with van der Waals surface area (Å²) in [5.41, 5.74) is 0.366. The fourth-order valence-electron chi connectivity index (χ4n) is 1.47. The molecule has 4 nitrogen and oxygen atoms in total. The van der Waals surface area contributed by atoms with E-state index in [1.54, 1.807) is 24.3 Å². The lowest BCUT2D eigenvalue weighted by molar-refractivity contribution is 0.0919. The highest BCUT2D eigenvalue weighted by Crippen LogP contribution is 2.15. The average molecular weight is 283 g/mol. The average Bonchev–Trinajstić information content (AvgIpc) is 2.27. The van der Waals surface area contributed by atoms with Crippen molar-refractivity contribution in [2.45, 2.75) is 39.3 Å². The van der Waals surface area contributed by atoms with E-state index in [9.17, 15) is 4.79 Å². The number of nitrogens with one attached hydrogen (secondary N) is 1. The topological polar surface area (TPSA) is 47.6 Å². The fraction of sp³-hybridized carbons (Fsp3) is 0.500. The van der Waals surface area contributed by atoms with Gasteiger partial charge in [-0.1, -0.05) is 0 Å². The van der Waals surface area contributed by atoms with Crippen LogP contribution in [0.25, 0.3) is 0 Å². The summed E-state index contributed by atoms with van der Waals surface area (Å²) in [6.07, 6.45) is -0.0910. The number of carbonyl (C=O) groups is 1. The Kier molecular flexibility index (Phi) is 5.69. The van der Waals surface area contributed by atoms with E-state index in [4.69, 9.17) is 8.92 Å². The third-order valence-electron chi connectivity index (χ3n) is 2.25. The van der Waals surface area contributed by atoms with E-state index in [1.807, 2.05) is 27.7 Å². The van der Waals surface area contributed by atoms with Gasteiger partial charge in [0.25, 0.3) is 5.91 Å². The van der Waals surface area contributed by atoms with Gasteiger partial charge in [0, 0.05) is 11.1 Å². The molecular weight excluding hydrogens is 262 g/mol. The van der Waals surface area contributed by atoms with Crippen LogP contribution in [0.15, 0.2) is 24.3 Å². The van der Waals surface area contributed by atoms with Crippen LogP contribution in [0.3, 0.4) is 0 Å². The van der Waals surface area contributed by atoms with Crippen LogP contribution in [-0.2, 0) is 4.18 Å². The first-order valence-electron chi connectivity index (χ1n) is 6.17. The van der Waals surface area contributed by atoms with Crippen LogP contribution >= 0.6 is 12.9 Å². The Morgan fingerprint density at radius 2 is 1.89 bits per heavy atom. The molecular formula is C14H21NO3S. The number of rotatable bonds is 5. The Balaban J connectivity index is 2.63. The molecule has 0 spiro atoms. The minimum atomic E-state index is -0.245. The summed E-state index contributed by atoms with van der Waals surface area (Å²) in [5.74, 6) is 0.607. The van der Waals surface area contributed by atoms with Crippen LogP contribution in [0, 0.1) is 0 Å². The molecule has 1 atom stereocenters. The van der Waals surface area contributed by atoms with Gasteiger partial charge in [0.05, 0.1) is 6.61 Å². The van der Waals surface area contributed by atoms with Crippen molar-refractivity contribution in [1.82, 2.24) is 5.32 Å². The van der Waals surface area contributed by atoms with Crippen molar-refractivity contribution in [2.75, 3.05) is 6.61 Å². The van der Waals surface area contributed by atoms with Gasteiger partial charge in [-0.25, -0.2) is 0 Å². The second kappa shape index (κ2) is 6.82. The SMILES string of the molecule is CC(COS)Oc1ccc(C(=O)NC(C)(C)C)cc1. The number of amides is 1. The third-order valence-corrected chi connectivity index (χ3v) is 2.40. The van der Waals surface area contributed by atoms with Crippen LogP contribution in [0.1, 0.15) is 38.1 Å². The molecule has 106 valence electrons. The van der Waals surface area contributed by atoms with Crippen LogP contribution in [0.2, 0.25) is 0 Å². The van der Waals surface area contributed by atoms with Gasteiger partial charge in [-0.2, -0.15) is 0 Å². The van der Waals surface area contributed by atoms with Gasteiger partial charge in [-0.05, 0) is 64.9 Å². The largest absolute Gasteiger partial charge is 0.488 e. The van der Waals surface area contributed by atoms with E-state index >= 15 is 0 Å². The Morgan fingerprint density at radius 3 is 2.37 bits per heavy atom. The quantitative estimate of drug-likeness (QED) is 0.645. The minimum Gasteiger partial charge on any atom is -0.488 e. The van der Waals surface area contributed by atoms with E-state index in [-0.39, 0.29) is 17.6 Å². The van der Waals surface area contributed by atoms with Gasteiger partial charge in [0.2, 0.25) is 0 Å². The molecule has 0 fully saturated rings. The maximum absolute atomic E-state index is 11.9. The molecule has 0 saturated heterocycles. The van der Waals surface area contributed by atoms with Gasteiger partial charge in [-0.15, -0.1) is 0 Å². The summed E-state index contributed by atoms with van der Waals surface area (Å²) in [7, 11) is 0. The van der Waals surface area contributed by atoms with Gasteiger partial charge < -0.3 is 14.2 Å². The second-order valence-corrected chi connectivity index (χ2v) is 5.71. The molecule has 0 aromatic heterocycles. The predicted molar refractivity (Wildman–Crippen MR) is 78.7 cm³/mol. The highest BCUT2D eigenvalue weighted by atomic mass is 32.1. The molecule has 19 heavy (non-hydrogen) atoms. The summed E-state index contributed by atoms with van der Waals surface area (Å²) in [4.78, 5) is 11.9. The van der Waals surface area contributed by atoms with E-state index in [0.717, 1.165) is 0 Å². The maximum atomic E-state index is 11.9. The molecule has 0 aliphatic heterocycles. The number of hydrogen-bond acceptors (Lipinski definition) is 4. The van der Waals surface area contributed by atoms with Crippen molar-refractivity contribution in [3.8, 4) is 5.75 Å². The lowest BCUT2D eigenvalue weighted by atomic mass is 10.1. The highest BCUT2D eigenvalue weighted by Gasteiger charge is 2.15. The molecule has 0 aliphatic carbocycles. The Morgan fingerprint density at radius 1 is 1.32 bits per heavy atom. The van der Waals surface area contributed by atoms with Crippen LogP contribution in [0.5, 0.6) is 5.75 Å². The number of carbonyl (C=O) groups excluding carboxylic acids is 1. The van der Waals surface area contributed by atoms with Crippen molar-refractivity contribution in [3.05, 3.63) is 29.8 Å². The van der Waals surface area contributed by atoms with Crippen LogP contribution < -0.4 is 10.1 Å². The molecule has 5 heteroatoms. The van der Waals surface area contributed by atoms with Crippen LogP contribution in [-0.4, -0.2) is 24.2 Å². The third kappa shape index (κ3) is 5.98. The molecule has 0 heterocycles. The standard InChI is InChI=1S/C14H21NO3S/c1-10(9-17-19)18-12-7-5-11(6-8-12)13(16)15-14(2,3)4/h5-8,10,19H,9H2,1-4H3,(H,15,16). The summed E-state index contributed by atoms with van der Waals surface area (Å²) in [6, 6.07) is 7.02. The van der Waals surface area contributed by atoms with Crippen molar-refractivity contribution in [3.63, 3.8) is 0 Å². The fourth-order valence-corrected chi connectivity index (χ4v) is 1.68. The molecule has 0 aliphatic rings. The van der Waals surface area contributed by atoms with Gasteiger partial charge >= 0.3 is 0 Å². The van der Waals surface area contributed by atoms with Crippen molar-refractivity contribution in [2.24, 2.45) is 0 Å². The molecule has 1 unspecified atom stereocenters. The molecule has 0 radical (unpaired) electrons. The zero-order valence-corrected chi connectivity index (χ0v) is 12.7. The predicted octanol–water partition coefficient (Wildman–Crippen LogP) is 2.84. The summed E-state index contributed by atoms with van der Waals surface area (Å²) < 4.78 is 10.3. The highest BCUT2D eigenvalue weighted by molar-refractivity contribution is 7.75. The summed E-state index contributed by atoms with van der Waals surface area (Å²) in [5, 5.41) is 2.91. The van der Waals surface area contributed by atoms with E-state index in [0.29, 0.717) is 17.9 Å². The first kappa shape index (κ1) is 15.9. The number of ether oxygens (including phenoxy) is 1. The van der Waals surface area contributed by atoms with Crippen molar-refractivity contribution in [1.29, 1.82) is 0 Å². The normalized spacial score (nSPS) is 12.9. The first-order valence-corrected chi connectivity index (χ1v) is 6.54. The smallest absolute Gasteiger partial charge is 0.251 e. The molecule has 1 N–H and O–H groups in total. The van der Waals surface area contributed by atoms with Gasteiger partial charge in [-0.3, -0.25) is 4.79 Å². The van der Waals surface area contributed by atoms with Gasteiger partial charge in [0.1, 0.15) is 11.9 Å². The second-order valence-electron chi connectivity index (χ2n) is 5.45. The Hall–Kier alpha value is -1.20. The Bertz CT molecular complexity index is 412. The molecule has 0 bridgehead atoms. The van der Waals surface area contributed by atoms with Crippen LogP contribution in [0.4, 0.5) is 0 Å². The minimum absolute atomic E-state index is 0.0910. The van der Waals surface area contributed by atoms with E-state index < -0.39 is 0 Å². The molecule has 1 aromatic carbocycles. The monoisotopic (exact) mass is 283 g/mol. The maximum Gasteiger partial charge on any atom is 0.251 e. The summed E-state index contributed by atoms with van der Waals surface area (Å²) >= 11 is 3.68. The number of thiol groups is 1. The van der Waals surface area contributed by atoms with E-state index in [1.165, 1.54) is 0 Å². The Labute approximate surface area is 120 Å². The zero-order chi connectivity index (χ0) is 14.5. The van der Waals surface area contributed by atoms with Crippen molar-refractivity contribution < 1.29 is 13.7 Å². The number of hydrogen-bond donors (Lipinski definition) is 2. The lowest BCUT2D eigenvalue weighted by Crippen LogP contribution is -2.40. The molecule has 0 saturated carbocycles. The zero-order valence-electron chi connectivity index (χ0n) is 11.8. The lowest BCUT2D eigenvalue weighted by Gasteiger charge is -2.20. The van der Waals surface area contributed by atoms with Crippen molar-refractivity contribution >= 4 is 18.8 Å². The summed E-state index contributed by atoms with van der Waals surface area (Å²) in [6.45, 7) is 8.12. The molecule has 1 aromatic rings. The molecule has 1 amide bonds. The molecule has 1 rings (SSSR count). The number of benzene rings is 1.